The minimum atomic E-state index is -0.333. The third-order valence-electron chi connectivity index (χ3n) is 3.37. The van der Waals surface area contributed by atoms with Crippen molar-refractivity contribution in [1.82, 2.24) is 5.32 Å². The average molecular weight is 312 g/mol. The van der Waals surface area contributed by atoms with E-state index in [2.05, 4.69) is 39.9 Å². The maximum absolute atomic E-state index is 13.7. The Morgan fingerprint density at radius 3 is 2.52 bits per heavy atom. The van der Waals surface area contributed by atoms with Crippen molar-refractivity contribution in [3.8, 4) is 0 Å². The largest absolute Gasteiger partial charge is 0.458 e. The Morgan fingerprint density at radius 1 is 1.29 bits per heavy atom. The van der Waals surface area contributed by atoms with Gasteiger partial charge in [-0.1, -0.05) is 46.2 Å². The number of benzene rings is 1. The van der Waals surface area contributed by atoms with Gasteiger partial charge in [0.1, 0.15) is 11.6 Å². The summed E-state index contributed by atoms with van der Waals surface area (Å²) in [4.78, 5) is 0. The lowest BCUT2D eigenvalue weighted by atomic mass is 9.84. The van der Waals surface area contributed by atoms with Gasteiger partial charge in [0, 0.05) is 10.9 Å². The van der Waals surface area contributed by atoms with Crippen molar-refractivity contribution in [2.24, 2.45) is 5.92 Å². The standard InChI is InChI=1S/C17H23ClFNO/c1-10(2)8-20-9-14-15(17(3,4)5)12-6-11(19)7-13(18)16(12)21-14/h6-7,10,20H,8-9H2,1-5H3. The van der Waals surface area contributed by atoms with Crippen molar-refractivity contribution in [2.75, 3.05) is 6.54 Å². The van der Waals surface area contributed by atoms with Crippen LogP contribution in [0.1, 0.15) is 45.9 Å². The molecule has 0 aliphatic heterocycles. The predicted molar refractivity (Wildman–Crippen MR) is 86.4 cm³/mol. The highest BCUT2D eigenvalue weighted by atomic mass is 35.5. The molecule has 0 radical (unpaired) electrons. The molecule has 2 nitrogen and oxygen atoms in total. The molecule has 0 fully saturated rings. The van der Waals surface area contributed by atoms with Gasteiger partial charge in [0.15, 0.2) is 5.58 Å². The van der Waals surface area contributed by atoms with Gasteiger partial charge in [0.05, 0.1) is 11.6 Å². The van der Waals surface area contributed by atoms with Gasteiger partial charge in [-0.15, -0.1) is 0 Å². The number of hydrogen-bond donors (Lipinski definition) is 1. The third-order valence-corrected chi connectivity index (χ3v) is 3.65. The fourth-order valence-corrected chi connectivity index (χ4v) is 2.84. The topological polar surface area (TPSA) is 25.2 Å². The SMILES string of the molecule is CC(C)CNCc1oc2c(Cl)cc(F)cc2c1C(C)(C)C. The van der Waals surface area contributed by atoms with Gasteiger partial charge < -0.3 is 9.73 Å². The third kappa shape index (κ3) is 3.58. The van der Waals surface area contributed by atoms with Gasteiger partial charge in [-0.05, 0) is 30.0 Å². The van der Waals surface area contributed by atoms with Crippen LogP contribution in [0.4, 0.5) is 4.39 Å². The van der Waals surface area contributed by atoms with Crippen LogP contribution in [-0.2, 0) is 12.0 Å². The summed E-state index contributed by atoms with van der Waals surface area (Å²) in [6.45, 7) is 12.1. The lowest BCUT2D eigenvalue weighted by molar-refractivity contribution is 0.464. The molecule has 0 atom stereocenters. The highest BCUT2D eigenvalue weighted by Crippen LogP contribution is 2.38. The van der Waals surface area contributed by atoms with Crippen molar-refractivity contribution in [1.29, 1.82) is 0 Å². The number of nitrogens with one attached hydrogen (secondary N) is 1. The van der Waals surface area contributed by atoms with Crippen molar-refractivity contribution >= 4 is 22.6 Å². The smallest absolute Gasteiger partial charge is 0.153 e. The molecule has 1 aromatic heterocycles. The zero-order chi connectivity index (χ0) is 15.8. The Bertz CT molecular complexity index is 640. The van der Waals surface area contributed by atoms with Crippen LogP contribution in [0.5, 0.6) is 0 Å². The lowest BCUT2D eigenvalue weighted by Gasteiger charge is -2.19. The van der Waals surface area contributed by atoms with E-state index in [-0.39, 0.29) is 11.2 Å². The molecule has 0 aliphatic carbocycles. The van der Waals surface area contributed by atoms with E-state index < -0.39 is 0 Å². The van der Waals surface area contributed by atoms with Crippen LogP contribution in [0.15, 0.2) is 16.5 Å². The summed E-state index contributed by atoms with van der Waals surface area (Å²) in [7, 11) is 0. The van der Waals surface area contributed by atoms with Crippen molar-refractivity contribution in [2.45, 2.75) is 46.6 Å². The number of halogens is 2. The molecule has 4 heteroatoms. The number of furan rings is 1. The Labute approximate surface area is 130 Å². The number of hydrogen-bond acceptors (Lipinski definition) is 2. The Kier molecular flexibility index (Phi) is 4.64. The zero-order valence-electron chi connectivity index (χ0n) is 13.3. The molecule has 21 heavy (non-hydrogen) atoms. The van der Waals surface area contributed by atoms with Crippen molar-refractivity contribution in [3.05, 3.63) is 34.3 Å². The second-order valence-electron chi connectivity index (χ2n) is 6.94. The fraction of sp³-hybridized carbons (Fsp3) is 0.529. The molecule has 0 saturated heterocycles. The molecule has 0 aliphatic rings. The highest BCUT2D eigenvalue weighted by molar-refractivity contribution is 6.35. The summed E-state index contributed by atoms with van der Waals surface area (Å²) in [5.74, 6) is 1.07. The van der Waals surface area contributed by atoms with Crippen molar-refractivity contribution < 1.29 is 8.81 Å². The van der Waals surface area contributed by atoms with Crippen molar-refractivity contribution in [3.63, 3.8) is 0 Å². The first-order valence-electron chi connectivity index (χ1n) is 7.31. The molecule has 2 aromatic rings. The monoisotopic (exact) mass is 311 g/mol. The Balaban J connectivity index is 2.51. The first kappa shape index (κ1) is 16.3. The van der Waals surface area contributed by atoms with Crippen LogP contribution >= 0.6 is 11.6 Å². The minimum absolute atomic E-state index is 0.142. The van der Waals surface area contributed by atoms with Crippen LogP contribution < -0.4 is 5.32 Å². The molecule has 0 saturated carbocycles. The quantitative estimate of drug-likeness (QED) is 0.832. The second-order valence-corrected chi connectivity index (χ2v) is 7.35. The van der Waals surface area contributed by atoms with E-state index in [0.29, 0.717) is 23.1 Å². The van der Waals surface area contributed by atoms with E-state index in [9.17, 15) is 4.39 Å². The molecular formula is C17H23ClFNO. The molecule has 0 amide bonds. The van der Waals surface area contributed by atoms with Gasteiger partial charge in [0.2, 0.25) is 0 Å². The minimum Gasteiger partial charge on any atom is -0.458 e. The lowest BCUT2D eigenvalue weighted by Crippen LogP contribution is -2.21. The van der Waals surface area contributed by atoms with E-state index in [4.69, 9.17) is 16.0 Å². The first-order chi connectivity index (χ1) is 9.70. The first-order valence-corrected chi connectivity index (χ1v) is 7.69. The maximum atomic E-state index is 13.7. The van der Waals surface area contributed by atoms with Gasteiger partial charge in [-0.2, -0.15) is 0 Å². The number of fused-ring (bicyclic) bond motifs is 1. The van der Waals surface area contributed by atoms with Crippen LogP contribution in [0.3, 0.4) is 0 Å². The predicted octanol–water partition coefficient (Wildman–Crippen LogP) is 5.27. The highest BCUT2D eigenvalue weighted by Gasteiger charge is 2.26. The summed E-state index contributed by atoms with van der Waals surface area (Å²) < 4.78 is 19.6. The van der Waals surface area contributed by atoms with Gasteiger partial charge in [0.25, 0.3) is 0 Å². The molecule has 0 bridgehead atoms. The zero-order valence-corrected chi connectivity index (χ0v) is 14.1. The summed E-state index contributed by atoms with van der Waals surface area (Å²) in [6, 6.07) is 2.81. The van der Waals surface area contributed by atoms with E-state index in [0.717, 1.165) is 23.3 Å². The normalized spacial score (nSPS) is 12.6. The van der Waals surface area contributed by atoms with Gasteiger partial charge in [-0.3, -0.25) is 0 Å². The molecule has 0 spiro atoms. The van der Waals surface area contributed by atoms with Crippen LogP contribution in [0, 0.1) is 11.7 Å². The number of rotatable bonds is 4. The second kappa shape index (κ2) is 5.98. The average Bonchev–Trinajstić information content (AvgIpc) is 2.66. The van der Waals surface area contributed by atoms with Crippen LogP contribution in [-0.4, -0.2) is 6.54 Å². The van der Waals surface area contributed by atoms with E-state index in [1.54, 1.807) is 0 Å². The molecular weight excluding hydrogens is 289 g/mol. The maximum Gasteiger partial charge on any atom is 0.153 e. The molecule has 1 N–H and O–H groups in total. The van der Waals surface area contributed by atoms with Gasteiger partial charge >= 0.3 is 0 Å². The fourth-order valence-electron chi connectivity index (χ4n) is 2.60. The molecule has 2 rings (SSSR count). The summed E-state index contributed by atoms with van der Waals surface area (Å²) >= 11 is 6.13. The van der Waals surface area contributed by atoms with E-state index in [1.165, 1.54) is 12.1 Å². The van der Waals surface area contributed by atoms with Gasteiger partial charge in [-0.25, -0.2) is 4.39 Å². The Morgan fingerprint density at radius 2 is 1.95 bits per heavy atom. The molecule has 116 valence electrons. The Hall–Kier alpha value is -1.06. The van der Waals surface area contributed by atoms with E-state index >= 15 is 0 Å². The van der Waals surface area contributed by atoms with E-state index in [1.807, 2.05) is 0 Å². The molecule has 0 unspecified atom stereocenters. The molecule has 1 aromatic carbocycles. The molecule has 1 heterocycles. The summed E-state index contributed by atoms with van der Waals surface area (Å²) in [5, 5.41) is 4.47. The summed E-state index contributed by atoms with van der Waals surface area (Å²) in [5.41, 5.74) is 1.46. The van der Waals surface area contributed by atoms with Crippen LogP contribution in [0.25, 0.3) is 11.0 Å². The summed E-state index contributed by atoms with van der Waals surface area (Å²) in [6.07, 6.45) is 0. The van der Waals surface area contributed by atoms with Crippen LogP contribution in [0.2, 0.25) is 5.02 Å².